The molecule has 1 saturated carbocycles. The van der Waals surface area contributed by atoms with Crippen molar-refractivity contribution >= 4 is 23.4 Å². The van der Waals surface area contributed by atoms with E-state index in [9.17, 15) is 14.4 Å². The van der Waals surface area contributed by atoms with Crippen molar-refractivity contribution in [2.45, 2.75) is 69.6 Å². The number of hydrogen-bond acceptors (Lipinski definition) is 7. The molecule has 0 radical (unpaired) electrons. The third kappa shape index (κ3) is 5.37. The first-order chi connectivity index (χ1) is 17.0. The number of carbonyl (C=O) groups is 3. The second-order valence-electron chi connectivity index (χ2n) is 10.5. The Labute approximate surface area is 207 Å². The van der Waals surface area contributed by atoms with Crippen molar-refractivity contribution in [3.63, 3.8) is 0 Å². The minimum absolute atomic E-state index is 0.126. The van der Waals surface area contributed by atoms with Crippen molar-refractivity contribution in [2.75, 3.05) is 38.0 Å². The molecule has 5 rings (SSSR count). The number of piperidine rings is 1. The van der Waals surface area contributed by atoms with Crippen molar-refractivity contribution < 1.29 is 14.4 Å². The van der Waals surface area contributed by atoms with Gasteiger partial charge in [0.25, 0.3) is 5.91 Å². The topological polar surface area (TPSA) is 120 Å². The lowest BCUT2D eigenvalue weighted by atomic mass is 9.80. The Morgan fingerprint density at radius 1 is 1.06 bits per heavy atom. The van der Waals surface area contributed by atoms with Crippen LogP contribution in [0, 0.1) is 5.92 Å². The SMILES string of the molecule is NC1CCC([C@@H](CCN2CCNCC2)Nc2cccc3c2CN([C@@H]2CCC(=O)NC2=O)C3=O)CC1. The zero-order valence-electron chi connectivity index (χ0n) is 20.4. The first-order valence-corrected chi connectivity index (χ1v) is 13.2. The molecule has 2 atom stereocenters. The van der Waals surface area contributed by atoms with Crippen molar-refractivity contribution in [3.05, 3.63) is 29.3 Å². The standard InChI is InChI=1S/C26H38N6O3/c27-18-6-4-17(5-7-18)21(10-13-31-14-11-28-12-15-31)29-22-3-1-2-19-20(22)16-32(26(19)35)23-8-9-24(33)30-25(23)34/h1-3,17-18,21,23,28-29H,4-16,27H2,(H,30,33,34)/t17?,18?,21-,23-/m1/s1. The molecule has 3 amide bonds. The highest BCUT2D eigenvalue weighted by atomic mass is 16.2. The molecule has 9 heteroatoms. The summed E-state index contributed by atoms with van der Waals surface area (Å²) in [5.74, 6) is -0.210. The summed E-state index contributed by atoms with van der Waals surface area (Å²) in [5.41, 5.74) is 8.81. The van der Waals surface area contributed by atoms with Crippen molar-refractivity contribution in [2.24, 2.45) is 11.7 Å². The quantitative estimate of drug-likeness (QED) is 0.429. The molecule has 2 saturated heterocycles. The number of imide groups is 1. The van der Waals surface area contributed by atoms with E-state index in [0.717, 1.165) is 76.1 Å². The van der Waals surface area contributed by atoms with Gasteiger partial charge in [-0.15, -0.1) is 0 Å². The maximum Gasteiger partial charge on any atom is 0.255 e. The predicted octanol–water partition coefficient (Wildman–Crippen LogP) is 1.04. The molecule has 35 heavy (non-hydrogen) atoms. The van der Waals surface area contributed by atoms with Crippen molar-refractivity contribution in [3.8, 4) is 0 Å². The Morgan fingerprint density at radius 3 is 2.57 bits per heavy atom. The maximum atomic E-state index is 13.2. The summed E-state index contributed by atoms with van der Waals surface area (Å²) in [5, 5.41) is 9.66. The zero-order chi connectivity index (χ0) is 24.4. The number of benzene rings is 1. The molecular weight excluding hydrogens is 444 g/mol. The first-order valence-electron chi connectivity index (χ1n) is 13.2. The van der Waals surface area contributed by atoms with Gasteiger partial charge in [0.2, 0.25) is 11.8 Å². The van der Waals surface area contributed by atoms with Crippen molar-refractivity contribution in [1.82, 2.24) is 20.4 Å². The molecule has 3 fully saturated rings. The molecule has 190 valence electrons. The highest BCUT2D eigenvalue weighted by Gasteiger charge is 2.40. The lowest BCUT2D eigenvalue weighted by molar-refractivity contribution is -0.136. The molecule has 3 aliphatic heterocycles. The van der Waals surface area contributed by atoms with Crippen LogP contribution in [0.15, 0.2) is 18.2 Å². The van der Waals surface area contributed by atoms with Gasteiger partial charge in [0.05, 0.1) is 0 Å². The Hall–Kier alpha value is -2.49. The second kappa shape index (κ2) is 10.6. The Balaban J connectivity index is 1.32. The number of carbonyl (C=O) groups excluding carboxylic acids is 3. The monoisotopic (exact) mass is 482 g/mol. The van der Waals surface area contributed by atoms with Crippen LogP contribution >= 0.6 is 0 Å². The lowest BCUT2D eigenvalue weighted by Crippen LogP contribution is -2.52. The largest absolute Gasteiger partial charge is 0.382 e. The summed E-state index contributed by atoms with van der Waals surface area (Å²) >= 11 is 0. The van der Waals surface area contributed by atoms with E-state index >= 15 is 0 Å². The molecule has 1 aromatic rings. The number of hydrogen-bond donors (Lipinski definition) is 4. The number of nitrogens with zero attached hydrogens (tertiary/aromatic N) is 2. The molecule has 1 aromatic carbocycles. The minimum atomic E-state index is -0.594. The molecule has 3 heterocycles. The van der Waals surface area contributed by atoms with E-state index in [1.54, 1.807) is 4.90 Å². The van der Waals surface area contributed by atoms with E-state index < -0.39 is 6.04 Å². The van der Waals surface area contributed by atoms with Gasteiger partial charge in [-0.1, -0.05) is 6.07 Å². The van der Waals surface area contributed by atoms with Gasteiger partial charge in [-0.2, -0.15) is 0 Å². The third-order valence-electron chi connectivity index (χ3n) is 8.27. The molecule has 9 nitrogen and oxygen atoms in total. The summed E-state index contributed by atoms with van der Waals surface area (Å²) in [6.45, 7) is 5.69. The van der Waals surface area contributed by atoms with Gasteiger partial charge in [-0.05, 0) is 56.6 Å². The van der Waals surface area contributed by atoms with Crippen molar-refractivity contribution in [1.29, 1.82) is 0 Å². The van der Waals surface area contributed by atoms with E-state index in [1.807, 2.05) is 12.1 Å². The highest BCUT2D eigenvalue weighted by molar-refractivity contribution is 6.06. The third-order valence-corrected chi connectivity index (χ3v) is 8.27. The minimum Gasteiger partial charge on any atom is -0.382 e. The Bertz CT molecular complexity index is 954. The first kappa shape index (κ1) is 24.2. The van der Waals surface area contributed by atoms with Gasteiger partial charge in [0, 0.05) is 74.6 Å². The van der Waals surface area contributed by atoms with Gasteiger partial charge in [-0.3, -0.25) is 19.7 Å². The van der Waals surface area contributed by atoms with Gasteiger partial charge >= 0.3 is 0 Å². The van der Waals surface area contributed by atoms with Gasteiger partial charge in [0.15, 0.2) is 0 Å². The van der Waals surface area contributed by atoms with E-state index in [-0.39, 0.29) is 24.1 Å². The molecule has 0 spiro atoms. The van der Waals surface area contributed by atoms with Crippen LogP contribution in [-0.4, -0.2) is 78.4 Å². The van der Waals surface area contributed by atoms with Gasteiger partial charge in [0.1, 0.15) is 6.04 Å². The van der Waals surface area contributed by atoms with Crippen LogP contribution in [0.4, 0.5) is 5.69 Å². The molecule has 5 N–H and O–H groups in total. The molecule has 4 aliphatic rings. The van der Waals surface area contributed by atoms with Crippen LogP contribution in [0.1, 0.15) is 60.9 Å². The summed E-state index contributed by atoms with van der Waals surface area (Å²) in [6, 6.07) is 5.86. The normalized spacial score (nSPS) is 28.5. The average Bonchev–Trinajstić information content (AvgIpc) is 3.20. The van der Waals surface area contributed by atoms with Crippen LogP contribution in [0.3, 0.4) is 0 Å². The number of anilines is 1. The Morgan fingerprint density at radius 2 is 1.83 bits per heavy atom. The molecule has 0 aromatic heterocycles. The fourth-order valence-corrected chi connectivity index (χ4v) is 6.15. The number of rotatable bonds is 7. The fourth-order valence-electron chi connectivity index (χ4n) is 6.15. The van der Waals surface area contributed by atoms with Gasteiger partial charge in [-0.25, -0.2) is 0 Å². The Kier molecular flexibility index (Phi) is 7.36. The van der Waals surface area contributed by atoms with E-state index in [4.69, 9.17) is 5.73 Å². The van der Waals surface area contributed by atoms with Crippen LogP contribution < -0.4 is 21.7 Å². The second-order valence-corrected chi connectivity index (χ2v) is 10.5. The lowest BCUT2D eigenvalue weighted by Gasteiger charge is -2.36. The number of nitrogens with one attached hydrogen (secondary N) is 3. The van der Waals surface area contributed by atoms with E-state index in [0.29, 0.717) is 36.5 Å². The number of fused-ring (bicyclic) bond motifs is 1. The average molecular weight is 483 g/mol. The molecule has 0 bridgehead atoms. The number of amides is 3. The summed E-state index contributed by atoms with van der Waals surface area (Å²) in [4.78, 5) is 41.5. The molecule has 1 aliphatic carbocycles. The fraction of sp³-hybridized carbons (Fsp3) is 0.654. The van der Waals surface area contributed by atoms with Crippen LogP contribution in [-0.2, 0) is 16.1 Å². The maximum absolute atomic E-state index is 13.2. The van der Waals surface area contributed by atoms with E-state index in [1.165, 1.54) is 0 Å². The number of nitrogens with two attached hydrogens (primary N) is 1. The van der Waals surface area contributed by atoms with Crippen LogP contribution in [0.2, 0.25) is 0 Å². The summed E-state index contributed by atoms with van der Waals surface area (Å²) in [6.07, 6.45) is 6.06. The number of piperazine rings is 1. The summed E-state index contributed by atoms with van der Waals surface area (Å²) in [7, 11) is 0. The molecule has 0 unspecified atom stereocenters. The van der Waals surface area contributed by atoms with Crippen LogP contribution in [0.5, 0.6) is 0 Å². The smallest absolute Gasteiger partial charge is 0.255 e. The van der Waals surface area contributed by atoms with Gasteiger partial charge < -0.3 is 26.2 Å². The zero-order valence-corrected chi connectivity index (χ0v) is 20.4. The summed E-state index contributed by atoms with van der Waals surface area (Å²) < 4.78 is 0. The highest BCUT2D eigenvalue weighted by Crippen LogP contribution is 2.35. The molecular formula is C26H38N6O3. The van der Waals surface area contributed by atoms with Crippen LogP contribution in [0.25, 0.3) is 0 Å². The predicted molar refractivity (Wildman–Crippen MR) is 134 cm³/mol. The van der Waals surface area contributed by atoms with E-state index in [2.05, 4.69) is 26.9 Å².